The summed E-state index contributed by atoms with van der Waals surface area (Å²) in [5.41, 5.74) is 0.938. The molecule has 0 aliphatic heterocycles. The monoisotopic (exact) mass is 416 g/mol. The third kappa shape index (κ3) is 7.07. The van der Waals surface area contributed by atoms with Crippen molar-refractivity contribution in [1.82, 2.24) is 15.4 Å². The Morgan fingerprint density at radius 3 is 2.45 bits per heavy atom. The number of aliphatic imine (C=N–C) groups is 1. The lowest BCUT2D eigenvalue weighted by Crippen LogP contribution is -2.39. The van der Waals surface area contributed by atoms with Crippen molar-refractivity contribution in [3.05, 3.63) is 60.2 Å². The molecular weight excluding hydrogens is 388 g/mol. The van der Waals surface area contributed by atoms with Gasteiger partial charge in [-0.1, -0.05) is 30.3 Å². The fourth-order valence-corrected chi connectivity index (χ4v) is 3.93. The lowest BCUT2D eigenvalue weighted by atomic mass is 10.2. The number of benzene rings is 2. The van der Waals surface area contributed by atoms with Crippen LogP contribution in [0.4, 0.5) is 0 Å². The zero-order valence-electron chi connectivity index (χ0n) is 16.6. The van der Waals surface area contributed by atoms with Crippen LogP contribution >= 0.6 is 0 Å². The Morgan fingerprint density at radius 1 is 1.07 bits per heavy atom. The second-order valence-corrected chi connectivity index (χ2v) is 8.54. The Morgan fingerprint density at radius 2 is 1.79 bits per heavy atom. The van der Waals surface area contributed by atoms with Crippen molar-refractivity contribution in [3.63, 3.8) is 0 Å². The van der Waals surface area contributed by atoms with Gasteiger partial charge in [-0.2, -0.15) is 0 Å². The van der Waals surface area contributed by atoms with E-state index in [1.807, 2.05) is 37.3 Å². The van der Waals surface area contributed by atoms with Crippen molar-refractivity contribution < 1.29 is 13.2 Å². The number of hydrogen-bond donors (Lipinski definition) is 3. The second-order valence-electron chi connectivity index (χ2n) is 6.82. The van der Waals surface area contributed by atoms with E-state index in [0.29, 0.717) is 30.6 Å². The first-order chi connectivity index (χ1) is 14.1. The fourth-order valence-electron chi connectivity index (χ4n) is 2.63. The number of sulfonamides is 1. The average molecular weight is 417 g/mol. The number of nitrogens with one attached hydrogen (secondary N) is 3. The minimum absolute atomic E-state index is 0.101. The highest BCUT2D eigenvalue weighted by molar-refractivity contribution is 7.89. The van der Waals surface area contributed by atoms with E-state index in [9.17, 15) is 8.42 Å². The van der Waals surface area contributed by atoms with E-state index in [1.165, 1.54) is 0 Å². The predicted octanol–water partition coefficient (Wildman–Crippen LogP) is 2.26. The molecule has 3 rings (SSSR count). The lowest BCUT2D eigenvalue weighted by molar-refractivity contribution is 0.322. The third-order valence-corrected chi connectivity index (χ3v) is 5.84. The molecule has 0 aromatic heterocycles. The Kier molecular flexibility index (Phi) is 7.48. The van der Waals surface area contributed by atoms with Crippen molar-refractivity contribution in [2.45, 2.75) is 37.2 Å². The Labute approximate surface area is 172 Å². The van der Waals surface area contributed by atoms with Crippen molar-refractivity contribution in [2.75, 3.05) is 19.7 Å². The molecule has 8 heteroatoms. The van der Waals surface area contributed by atoms with Gasteiger partial charge >= 0.3 is 0 Å². The lowest BCUT2D eigenvalue weighted by Gasteiger charge is -2.12. The first kappa shape index (κ1) is 21.1. The van der Waals surface area contributed by atoms with Crippen LogP contribution in [0.1, 0.15) is 25.3 Å². The Bertz CT molecular complexity index is 895. The topological polar surface area (TPSA) is 91.8 Å². The summed E-state index contributed by atoms with van der Waals surface area (Å²) in [5, 5.41) is 6.43. The maximum absolute atomic E-state index is 12.2. The molecule has 1 fully saturated rings. The molecule has 2 aromatic rings. The molecule has 29 heavy (non-hydrogen) atoms. The van der Waals surface area contributed by atoms with Crippen LogP contribution in [-0.2, 0) is 16.6 Å². The molecule has 0 heterocycles. The molecule has 156 valence electrons. The standard InChI is InChI=1S/C21H28N4O3S/c1-2-22-21(23-14-15-28-19-6-4-3-5-7-19)24-16-17-8-12-20(13-9-17)29(26,27)25-18-10-11-18/h3-9,12-13,18,25H,2,10-11,14-16H2,1H3,(H2,22,23,24). The maximum atomic E-state index is 12.2. The highest BCUT2D eigenvalue weighted by Gasteiger charge is 2.27. The zero-order chi connectivity index (χ0) is 20.5. The predicted molar refractivity (Wildman–Crippen MR) is 115 cm³/mol. The van der Waals surface area contributed by atoms with Gasteiger partial charge in [0.25, 0.3) is 0 Å². The van der Waals surface area contributed by atoms with E-state index in [0.717, 1.165) is 30.7 Å². The average Bonchev–Trinajstić information content (AvgIpc) is 3.53. The Balaban J connectivity index is 1.49. The number of nitrogens with zero attached hydrogens (tertiary/aromatic N) is 1. The molecular formula is C21H28N4O3S. The molecule has 0 saturated heterocycles. The zero-order valence-corrected chi connectivity index (χ0v) is 17.4. The summed E-state index contributed by atoms with van der Waals surface area (Å²) in [6.45, 7) is 4.34. The van der Waals surface area contributed by atoms with E-state index < -0.39 is 10.0 Å². The van der Waals surface area contributed by atoms with E-state index in [2.05, 4.69) is 20.3 Å². The summed E-state index contributed by atoms with van der Waals surface area (Å²) >= 11 is 0. The number of guanidine groups is 1. The van der Waals surface area contributed by atoms with Crippen molar-refractivity contribution in [1.29, 1.82) is 0 Å². The molecule has 0 bridgehead atoms. The van der Waals surface area contributed by atoms with Crippen molar-refractivity contribution in [3.8, 4) is 5.75 Å². The smallest absolute Gasteiger partial charge is 0.240 e. The van der Waals surface area contributed by atoms with Crippen LogP contribution in [0.5, 0.6) is 5.75 Å². The van der Waals surface area contributed by atoms with E-state index in [4.69, 9.17) is 4.74 Å². The minimum atomic E-state index is -3.42. The molecule has 0 radical (unpaired) electrons. The van der Waals surface area contributed by atoms with E-state index in [-0.39, 0.29) is 6.04 Å². The molecule has 1 saturated carbocycles. The van der Waals surface area contributed by atoms with Gasteiger partial charge in [0.05, 0.1) is 18.0 Å². The van der Waals surface area contributed by atoms with Gasteiger partial charge in [-0.05, 0) is 49.6 Å². The summed E-state index contributed by atoms with van der Waals surface area (Å²) < 4.78 is 32.8. The van der Waals surface area contributed by atoms with Gasteiger partial charge in [-0.25, -0.2) is 18.1 Å². The summed E-state index contributed by atoms with van der Waals surface area (Å²) in [7, 11) is -3.42. The van der Waals surface area contributed by atoms with Crippen LogP contribution in [0.15, 0.2) is 64.5 Å². The SMILES string of the molecule is CCNC(=NCc1ccc(S(=O)(=O)NC2CC2)cc1)NCCOc1ccccc1. The highest BCUT2D eigenvalue weighted by Crippen LogP contribution is 2.22. The van der Waals surface area contributed by atoms with Crippen LogP contribution in [0.3, 0.4) is 0 Å². The molecule has 7 nitrogen and oxygen atoms in total. The quantitative estimate of drug-likeness (QED) is 0.314. The fraction of sp³-hybridized carbons (Fsp3) is 0.381. The largest absolute Gasteiger partial charge is 0.492 e. The highest BCUT2D eigenvalue weighted by atomic mass is 32.2. The van der Waals surface area contributed by atoms with Gasteiger partial charge in [-0.15, -0.1) is 0 Å². The number of rotatable bonds is 10. The number of para-hydroxylation sites is 1. The van der Waals surface area contributed by atoms with Crippen LogP contribution < -0.4 is 20.1 Å². The maximum Gasteiger partial charge on any atom is 0.240 e. The van der Waals surface area contributed by atoms with Gasteiger partial charge < -0.3 is 15.4 Å². The van der Waals surface area contributed by atoms with Crippen LogP contribution in [0, 0.1) is 0 Å². The Hall–Kier alpha value is -2.58. The second kappa shape index (κ2) is 10.3. The normalized spacial score (nSPS) is 14.4. The van der Waals surface area contributed by atoms with Gasteiger partial charge in [0, 0.05) is 12.6 Å². The van der Waals surface area contributed by atoms with E-state index in [1.54, 1.807) is 24.3 Å². The minimum Gasteiger partial charge on any atom is -0.492 e. The summed E-state index contributed by atoms with van der Waals surface area (Å²) in [4.78, 5) is 4.84. The molecule has 1 aliphatic carbocycles. The summed E-state index contributed by atoms with van der Waals surface area (Å²) in [6, 6.07) is 16.6. The molecule has 1 aliphatic rings. The van der Waals surface area contributed by atoms with Gasteiger partial charge in [0.2, 0.25) is 10.0 Å². The van der Waals surface area contributed by atoms with Gasteiger partial charge in [0.1, 0.15) is 12.4 Å². The number of ether oxygens (including phenoxy) is 1. The molecule has 0 atom stereocenters. The van der Waals surface area contributed by atoms with Gasteiger partial charge in [0.15, 0.2) is 5.96 Å². The molecule has 3 N–H and O–H groups in total. The number of hydrogen-bond acceptors (Lipinski definition) is 4. The first-order valence-electron chi connectivity index (χ1n) is 9.88. The van der Waals surface area contributed by atoms with Gasteiger partial charge in [-0.3, -0.25) is 0 Å². The molecule has 0 unspecified atom stereocenters. The van der Waals surface area contributed by atoms with Crippen molar-refractivity contribution >= 4 is 16.0 Å². The first-order valence-corrected chi connectivity index (χ1v) is 11.4. The third-order valence-electron chi connectivity index (χ3n) is 4.30. The van der Waals surface area contributed by atoms with E-state index >= 15 is 0 Å². The van der Waals surface area contributed by atoms with Crippen molar-refractivity contribution in [2.24, 2.45) is 4.99 Å². The summed E-state index contributed by atoms with van der Waals surface area (Å²) in [6.07, 6.45) is 1.84. The molecule has 2 aromatic carbocycles. The van der Waals surface area contributed by atoms with Crippen LogP contribution in [0.2, 0.25) is 0 Å². The summed E-state index contributed by atoms with van der Waals surface area (Å²) in [5.74, 6) is 1.53. The molecule has 0 amide bonds. The van der Waals surface area contributed by atoms with Crippen LogP contribution in [0.25, 0.3) is 0 Å². The molecule has 0 spiro atoms. The van der Waals surface area contributed by atoms with Crippen LogP contribution in [-0.4, -0.2) is 40.1 Å².